The van der Waals surface area contributed by atoms with E-state index in [1.807, 2.05) is 13.0 Å². The van der Waals surface area contributed by atoms with Crippen molar-refractivity contribution < 1.29 is 24.1 Å². The van der Waals surface area contributed by atoms with Crippen LogP contribution in [0.4, 0.5) is 5.69 Å². The molecule has 1 heterocycles. The maximum absolute atomic E-state index is 14.3. The van der Waals surface area contributed by atoms with E-state index in [9.17, 15) is 14.7 Å². The third-order valence-corrected chi connectivity index (χ3v) is 9.06. The van der Waals surface area contributed by atoms with Crippen molar-refractivity contribution in [3.8, 4) is 28.7 Å². The number of benzene rings is 5. The van der Waals surface area contributed by atoms with Crippen LogP contribution < -0.4 is 35.1 Å². The van der Waals surface area contributed by atoms with E-state index in [1.165, 1.54) is 27.4 Å². The van der Waals surface area contributed by atoms with Gasteiger partial charge in [0, 0.05) is 56.4 Å². The molecule has 2 aliphatic rings. The first-order valence-electron chi connectivity index (χ1n) is 12.5. The Balaban J connectivity index is 2.01. The van der Waals surface area contributed by atoms with Crippen LogP contribution in [0, 0.1) is 0 Å². The SMILES string of the molecule is COc1c(O)c2c(=O)cc(OC)c3c4c(OC)c5c(c6c(=O)c(OC)c7c(c(c1C=C(C)C7)c23)c64)NCCS5. The van der Waals surface area contributed by atoms with Crippen molar-refractivity contribution in [2.75, 3.05) is 46.1 Å². The van der Waals surface area contributed by atoms with Gasteiger partial charge in [-0.25, -0.2) is 0 Å². The van der Waals surface area contributed by atoms with Crippen LogP contribution in [0.5, 0.6) is 28.7 Å². The molecule has 8 nitrogen and oxygen atoms in total. The number of rotatable bonds is 4. The first-order chi connectivity index (χ1) is 18.9. The number of fused-ring (bicyclic) bond motifs is 3. The summed E-state index contributed by atoms with van der Waals surface area (Å²) in [6, 6.07) is 1.38. The molecule has 198 valence electrons. The number of methoxy groups -OCH3 is 4. The second-order valence-electron chi connectivity index (χ2n) is 9.89. The highest BCUT2D eigenvalue weighted by atomic mass is 32.2. The number of phenols is 1. The number of nitrogens with one attached hydrogen (secondary N) is 1. The fourth-order valence-electron chi connectivity index (χ4n) is 6.62. The Bertz CT molecular complexity index is 2050. The molecule has 0 bridgehead atoms. The quantitative estimate of drug-likeness (QED) is 0.236. The van der Waals surface area contributed by atoms with Gasteiger partial charge in [0.15, 0.2) is 22.7 Å². The van der Waals surface area contributed by atoms with Crippen molar-refractivity contribution in [2.24, 2.45) is 0 Å². The van der Waals surface area contributed by atoms with E-state index in [4.69, 9.17) is 18.9 Å². The zero-order valence-corrected chi connectivity index (χ0v) is 22.9. The molecule has 0 atom stereocenters. The Labute approximate surface area is 226 Å². The smallest absolute Gasteiger partial charge is 0.230 e. The summed E-state index contributed by atoms with van der Waals surface area (Å²) in [6.45, 7) is 2.65. The zero-order valence-electron chi connectivity index (χ0n) is 22.1. The van der Waals surface area contributed by atoms with E-state index in [0.717, 1.165) is 27.2 Å². The van der Waals surface area contributed by atoms with Crippen LogP contribution in [-0.2, 0) is 6.42 Å². The molecule has 0 fully saturated rings. The molecule has 0 aromatic heterocycles. The molecular formula is C30H25NO7S. The minimum Gasteiger partial charge on any atom is -0.504 e. The Morgan fingerprint density at radius 3 is 2.23 bits per heavy atom. The van der Waals surface area contributed by atoms with Gasteiger partial charge < -0.3 is 29.4 Å². The van der Waals surface area contributed by atoms with E-state index in [2.05, 4.69) is 5.32 Å². The summed E-state index contributed by atoms with van der Waals surface area (Å²) in [5.74, 6) is 1.97. The average molecular weight is 544 g/mol. The fourth-order valence-corrected chi connectivity index (χ4v) is 7.67. The third kappa shape index (κ3) is 2.80. The van der Waals surface area contributed by atoms with Crippen LogP contribution in [0.25, 0.3) is 49.2 Å². The molecule has 0 spiro atoms. The standard InChI is InChI=1S/C30H25NO7S/c1-11-8-12-16-17-13(9-11)28(37-4)26(34)23-21(17)22(29(38-5)30-24(23)31-6-7-39-30)19-15(35-2)10-14(32)18(20(16)19)25(33)27(12)36-3/h8,10,31,33H,6-7,9H2,1-5H3. The molecule has 1 aliphatic heterocycles. The van der Waals surface area contributed by atoms with E-state index < -0.39 is 5.43 Å². The van der Waals surface area contributed by atoms with Gasteiger partial charge in [0.05, 0.1) is 49.8 Å². The molecule has 0 saturated heterocycles. The van der Waals surface area contributed by atoms with Crippen molar-refractivity contribution in [1.82, 2.24) is 0 Å². The van der Waals surface area contributed by atoms with Gasteiger partial charge in [0.1, 0.15) is 11.5 Å². The maximum Gasteiger partial charge on any atom is 0.230 e. The Hall–Kier alpha value is -4.11. The molecule has 5 aromatic carbocycles. The topological polar surface area (TPSA) is 103 Å². The minimum absolute atomic E-state index is 0.134. The molecule has 0 amide bonds. The number of ether oxygens (including phenoxy) is 4. The summed E-state index contributed by atoms with van der Waals surface area (Å²) in [6.07, 6.45) is 2.39. The molecular weight excluding hydrogens is 518 g/mol. The number of hydrogen-bond acceptors (Lipinski definition) is 9. The Morgan fingerprint density at radius 2 is 1.54 bits per heavy atom. The molecule has 0 unspecified atom stereocenters. The molecule has 7 rings (SSSR count). The number of thioether (sulfide) groups is 1. The first kappa shape index (κ1) is 24.0. The molecule has 2 N–H and O–H groups in total. The fraction of sp³-hybridized carbons (Fsp3) is 0.267. The minimum atomic E-state index is -0.393. The molecule has 0 saturated carbocycles. The van der Waals surface area contributed by atoms with Gasteiger partial charge in [-0.1, -0.05) is 11.6 Å². The molecule has 9 heteroatoms. The predicted octanol–water partition coefficient (Wildman–Crippen LogP) is 5.11. The van der Waals surface area contributed by atoms with Crippen molar-refractivity contribution in [3.63, 3.8) is 0 Å². The monoisotopic (exact) mass is 543 g/mol. The summed E-state index contributed by atoms with van der Waals surface area (Å²) in [5, 5.41) is 19.6. The third-order valence-electron chi connectivity index (χ3n) is 7.97. The van der Waals surface area contributed by atoms with E-state index in [0.29, 0.717) is 68.0 Å². The lowest BCUT2D eigenvalue weighted by Gasteiger charge is -2.27. The van der Waals surface area contributed by atoms with Gasteiger partial charge >= 0.3 is 0 Å². The van der Waals surface area contributed by atoms with Crippen LogP contribution in [0.3, 0.4) is 0 Å². The summed E-state index contributed by atoms with van der Waals surface area (Å²) >= 11 is 1.61. The number of allylic oxidation sites excluding steroid dienone is 1. The van der Waals surface area contributed by atoms with Crippen molar-refractivity contribution >= 4 is 66.6 Å². The number of hydrogen-bond donors (Lipinski definition) is 2. The first-order valence-corrected chi connectivity index (χ1v) is 13.5. The highest BCUT2D eigenvalue weighted by Gasteiger charge is 2.35. The summed E-state index contributed by atoms with van der Waals surface area (Å²) < 4.78 is 23.4. The lowest BCUT2D eigenvalue weighted by molar-refractivity contribution is 0.376. The van der Waals surface area contributed by atoms with Crippen LogP contribution in [0.2, 0.25) is 0 Å². The summed E-state index contributed by atoms with van der Waals surface area (Å²) in [5.41, 5.74) is 2.42. The van der Waals surface area contributed by atoms with Crippen molar-refractivity contribution in [1.29, 1.82) is 0 Å². The lowest BCUT2D eigenvalue weighted by atomic mass is 9.83. The maximum atomic E-state index is 14.3. The van der Waals surface area contributed by atoms with Crippen molar-refractivity contribution in [2.45, 2.75) is 18.2 Å². The van der Waals surface area contributed by atoms with Gasteiger partial charge in [0.2, 0.25) is 5.43 Å². The second kappa shape index (κ2) is 8.19. The molecule has 5 aromatic rings. The lowest BCUT2D eigenvalue weighted by Crippen LogP contribution is -2.18. The Kier molecular flexibility index (Phi) is 5.04. The van der Waals surface area contributed by atoms with E-state index in [1.54, 1.807) is 18.9 Å². The van der Waals surface area contributed by atoms with Gasteiger partial charge in [0.25, 0.3) is 0 Å². The van der Waals surface area contributed by atoms with Crippen LogP contribution in [-0.4, -0.2) is 45.8 Å². The predicted molar refractivity (Wildman–Crippen MR) is 156 cm³/mol. The van der Waals surface area contributed by atoms with Crippen LogP contribution >= 0.6 is 11.8 Å². The number of aromatic hydroxyl groups is 1. The summed E-state index contributed by atoms with van der Waals surface area (Å²) in [7, 11) is 6.10. The van der Waals surface area contributed by atoms with Gasteiger partial charge in [-0.3, -0.25) is 9.59 Å². The van der Waals surface area contributed by atoms with E-state index >= 15 is 0 Å². The highest BCUT2D eigenvalue weighted by Crippen LogP contribution is 2.58. The number of anilines is 1. The van der Waals surface area contributed by atoms with Gasteiger partial charge in [-0.05, 0) is 18.7 Å². The Morgan fingerprint density at radius 1 is 0.821 bits per heavy atom. The second-order valence-corrected chi connectivity index (χ2v) is 11.0. The average Bonchev–Trinajstić information content (AvgIpc) is 3.08. The summed E-state index contributed by atoms with van der Waals surface area (Å²) in [4.78, 5) is 28.6. The molecule has 0 radical (unpaired) electrons. The van der Waals surface area contributed by atoms with Crippen LogP contribution in [0.1, 0.15) is 18.1 Å². The number of phenolic OH excluding ortho intramolecular Hbond substituents is 1. The normalized spacial score (nSPS) is 14.5. The van der Waals surface area contributed by atoms with E-state index in [-0.39, 0.29) is 28.1 Å². The van der Waals surface area contributed by atoms with Gasteiger partial charge in [-0.2, -0.15) is 0 Å². The highest BCUT2D eigenvalue weighted by molar-refractivity contribution is 7.99. The van der Waals surface area contributed by atoms with Gasteiger partial charge in [-0.15, -0.1) is 11.8 Å². The van der Waals surface area contributed by atoms with Crippen molar-refractivity contribution in [3.05, 3.63) is 43.2 Å². The largest absolute Gasteiger partial charge is 0.504 e. The zero-order chi connectivity index (χ0) is 27.3. The molecule has 39 heavy (non-hydrogen) atoms. The van der Waals surface area contributed by atoms with Crippen LogP contribution in [0.15, 0.2) is 26.1 Å². The molecule has 1 aliphatic carbocycles.